The molecular weight excluding hydrogens is 1210 g/mol. The largest absolute Gasteiger partial charge is 0.508 e. The Balaban J connectivity index is 1.12. The van der Waals surface area contributed by atoms with Gasteiger partial charge in [0.25, 0.3) is 5.91 Å². The second-order valence-corrected chi connectivity index (χ2v) is 24.3. The van der Waals surface area contributed by atoms with Crippen LogP contribution >= 0.6 is 11.6 Å². The fraction of sp³-hybridized carbons (Fsp3) is 0.406. The Hall–Kier alpha value is -9.32. The number of benzene rings is 4. The van der Waals surface area contributed by atoms with Crippen LogP contribution in [0.3, 0.4) is 0 Å². The van der Waals surface area contributed by atoms with Gasteiger partial charge in [-0.3, -0.25) is 53.1 Å². The van der Waals surface area contributed by atoms with Crippen molar-refractivity contribution in [2.45, 2.75) is 127 Å². The van der Waals surface area contributed by atoms with Crippen LogP contribution in [0.1, 0.15) is 91.9 Å². The Morgan fingerprint density at radius 1 is 0.559 bits per heavy atom. The van der Waals surface area contributed by atoms with E-state index in [2.05, 4.69) is 57.4 Å². The highest BCUT2D eigenvalue weighted by atomic mass is 35.5. The summed E-state index contributed by atoms with van der Waals surface area (Å²) in [6.07, 6.45) is 8.66. The third-order valence-electron chi connectivity index (χ3n) is 16.0. The summed E-state index contributed by atoms with van der Waals surface area (Å²) >= 11 is 6.24. The molecule has 0 bridgehead atoms. The quantitative estimate of drug-likeness (QED) is 0.0257. The number of unbranched alkanes of at least 4 members (excludes halogenated alkanes) is 1. The van der Waals surface area contributed by atoms with Gasteiger partial charge in [-0.1, -0.05) is 98.2 Å². The number of hydrogen-bond acceptors (Lipinski definition) is 14. The van der Waals surface area contributed by atoms with E-state index < -0.39 is 90.3 Å². The third kappa shape index (κ3) is 22.8. The van der Waals surface area contributed by atoms with E-state index >= 15 is 4.79 Å². The molecule has 10 N–H and O–H groups in total. The Morgan fingerprint density at radius 2 is 1.12 bits per heavy atom. The van der Waals surface area contributed by atoms with E-state index in [1.807, 2.05) is 56.3 Å². The lowest BCUT2D eigenvalue weighted by molar-refractivity contribution is -0.144. The second kappa shape index (κ2) is 36.1. The van der Waals surface area contributed by atoms with Crippen molar-refractivity contribution in [1.29, 1.82) is 0 Å². The zero-order chi connectivity index (χ0) is 66.8. The molecule has 0 radical (unpaired) electrons. The molecule has 0 aliphatic carbocycles. The fourth-order valence-corrected chi connectivity index (χ4v) is 11.1. The van der Waals surface area contributed by atoms with E-state index in [1.165, 1.54) is 44.7 Å². The SMILES string of the molecule is CC(=O)N[C@H](Cc1ccc2ccccc2c1)C(=O)N[C@H](Cc1ccc(Cl)cc1)C(=O)N[C@H](Cc1cccnc1)C(=O)N[C@@H](CO)C(=O)N(C)[C@@H](Cc1ccc(O)cc1)C(=O)N[C@H](CCCCNC(=O)c1cccnc1)C(=O)N[C@@H](CC(C)C)C(=O)NCCN1CCCC1. The number of phenolic OH excluding ortho intramolecular Hbond substituents is 1. The van der Waals surface area contributed by atoms with Crippen LogP contribution in [-0.2, 0) is 64.0 Å². The van der Waals surface area contributed by atoms with Gasteiger partial charge in [0, 0.05) is 89.1 Å². The van der Waals surface area contributed by atoms with Crippen molar-refractivity contribution < 1.29 is 53.4 Å². The molecule has 3 heterocycles. The standard InChI is InChI=1S/C69H85ClN12O11/c1-44(2)35-56(63(87)74-31-34-82-32-9-10-33-82)77-64(88)55(17-7-8-30-73-62(86)52-16-12-29-72-42-52)76-68(92)61(40-47-21-26-54(85)27-22-47)81(4)69(93)60(43-83)80-67(91)59(39-49-13-11-28-71-41-49)79-66(90)58(37-46-19-24-53(70)25-20-46)78-65(89)57(75-45(3)84)38-48-18-23-50-14-5-6-15-51(50)36-48/h5-6,11-16,18-29,36,41-42,44,55-61,83,85H,7-10,17,30-35,37-40,43H2,1-4H3,(H,73,86)(H,74,87)(H,75,84)(H,76,92)(H,77,88)(H,78,89)(H,79,90)(H,80,91)/t55-,56+,57-,58-,59-,60+,61+/m1/s1. The van der Waals surface area contributed by atoms with Crippen molar-refractivity contribution in [3.63, 3.8) is 0 Å². The number of aliphatic hydroxyl groups is 1. The van der Waals surface area contributed by atoms with Crippen LogP contribution in [0.4, 0.5) is 0 Å². The van der Waals surface area contributed by atoms with E-state index in [1.54, 1.807) is 66.9 Å². The summed E-state index contributed by atoms with van der Waals surface area (Å²) < 4.78 is 0. The van der Waals surface area contributed by atoms with Crippen molar-refractivity contribution >= 4 is 75.5 Å². The molecule has 6 aromatic rings. The van der Waals surface area contributed by atoms with Crippen LogP contribution in [0.15, 0.2) is 140 Å². The van der Waals surface area contributed by atoms with Crippen LogP contribution < -0.4 is 42.5 Å². The molecule has 1 saturated heterocycles. The van der Waals surface area contributed by atoms with Gasteiger partial charge in [-0.05, 0) is 133 Å². The van der Waals surface area contributed by atoms with E-state index in [9.17, 15) is 48.6 Å². The number of hydrogen-bond donors (Lipinski definition) is 10. The topological polar surface area (TPSA) is 323 Å². The molecule has 7 atom stereocenters. The molecule has 0 unspecified atom stereocenters. The lowest BCUT2D eigenvalue weighted by Gasteiger charge is -2.32. The minimum Gasteiger partial charge on any atom is -0.508 e. The van der Waals surface area contributed by atoms with Crippen molar-refractivity contribution in [1.82, 2.24) is 62.3 Å². The first-order valence-corrected chi connectivity index (χ1v) is 31.8. The molecule has 1 aliphatic rings. The number of rotatable bonds is 34. The van der Waals surface area contributed by atoms with Crippen molar-refractivity contribution in [2.75, 3.05) is 46.4 Å². The molecule has 23 nitrogen and oxygen atoms in total. The fourth-order valence-electron chi connectivity index (χ4n) is 11.0. The Kier molecular flexibility index (Phi) is 27.6. The first kappa shape index (κ1) is 71.1. The van der Waals surface area contributed by atoms with Gasteiger partial charge in [0.2, 0.25) is 47.3 Å². The molecule has 24 heteroatoms. The van der Waals surface area contributed by atoms with Gasteiger partial charge >= 0.3 is 0 Å². The van der Waals surface area contributed by atoms with Crippen molar-refractivity contribution in [3.05, 3.63) is 173 Å². The minimum absolute atomic E-state index is 0.0275. The normalized spacial score (nSPS) is 14.4. The van der Waals surface area contributed by atoms with Gasteiger partial charge in [0.15, 0.2) is 0 Å². The number of amides is 9. The zero-order valence-corrected chi connectivity index (χ0v) is 53.7. The summed E-state index contributed by atoms with van der Waals surface area (Å²) in [6, 6.07) is 22.9. The molecule has 4 aromatic carbocycles. The molecule has 9 amide bonds. The maximum absolute atomic E-state index is 15.0. The number of aliphatic hydroxyl groups excluding tert-OH is 1. The number of phenols is 1. The van der Waals surface area contributed by atoms with E-state index in [0.717, 1.165) is 47.2 Å². The van der Waals surface area contributed by atoms with Gasteiger partial charge in [-0.2, -0.15) is 0 Å². The number of halogens is 1. The molecule has 0 saturated carbocycles. The van der Waals surface area contributed by atoms with Crippen LogP contribution in [-0.4, -0.2) is 172 Å². The number of likely N-dealkylation sites (N-methyl/N-ethyl adjacent to an activating group) is 1. The number of pyridine rings is 2. The Morgan fingerprint density at radius 3 is 1.74 bits per heavy atom. The average molecular weight is 1290 g/mol. The summed E-state index contributed by atoms with van der Waals surface area (Å²) in [7, 11) is 1.29. The molecule has 93 heavy (non-hydrogen) atoms. The summed E-state index contributed by atoms with van der Waals surface area (Å²) in [5.74, 6) is -6.26. The smallest absolute Gasteiger partial charge is 0.252 e. The predicted octanol–water partition coefficient (Wildman–Crippen LogP) is 3.87. The molecule has 1 fully saturated rings. The molecule has 7 rings (SSSR count). The number of aromatic nitrogens is 2. The highest BCUT2D eigenvalue weighted by molar-refractivity contribution is 6.30. The summed E-state index contributed by atoms with van der Waals surface area (Å²) in [5.41, 5.74) is 2.62. The predicted molar refractivity (Wildman–Crippen MR) is 352 cm³/mol. The van der Waals surface area contributed by atoms with E-state index in [4.69, 9.17) is 11.6 Å². The van der Waals surface area contributed by atoms with Crippen LogP contribution in [0.25, 0.3) is 10.8 Å². The monoisotopic (exact) mass is 1290 g/mol. The number of aromatic hydroxyl groups is 1. The Labute approximate surface area is 547 Å². The molecule has 0 spiro atoms. The summed E-state index contributed by atoms with van der Waals surface area (Å²) in [6.45, 7) is 7.20. The first-order valence-electron chi connectivity index (χ1n) is 31.5. The van der Waals surface area contributed by atoms with Gasteiger partial charge in [0.05, 0.1) is 12.2 Å². The van der Waals surface area contributed by atoms with Crippen LogP contribution in [0, 0.1) is 5.92 Å². The highest BCUT2D eigenvalue weighted by Gasteiger charge is 2.37. The molecular formula is C69H85ClN12O11. The minimum atomic E-state index is -1.74. The summed E-state index contributed by atoms with van der Waals surface area (Å²) in [5, 5.41) is 45.9. The number of carbonyl (C=O) groups excluding carboxylic acids is 9. The van der Waals surface area contributed by atoms with Gasteiger partial charge in [0.1, 0.15) is 48.0 Å². The highest BCUT2D eigenvalue weighted by Crippen LogP contribution is 2.20. The second-order valence-electron chi connectivity index (χ2n) is 23.8. The molecule has 1 aliphatic heterocycles. The maximum Gasteiger partial charge on any atom is 0.252 e. The van der Waals surface area contributed by atoms with Gasteiger partial charge < -0.3 is 62.5 Å². The van der Waals surface area contributed by atoms with Crippen LogP contribution in [0.2, 0.25) is 5.02 Å². The number of fused-ring (bicyclic) bond motifs is 1. The zero-order valence-electron chi connectivity index (χ0n) is 52.9. The average Bonchev–Trinajstić information content (AvgIpc) is 1.34. The number of nitrogens with zero attached hydrogens (tertiary/aromatic N) is 4. The lowest BCUT2D eigenvalue weighted by Crippen LogP contribution is -2.61. The molecule has 2 aromatic heterocycles. The number of likely N-dealkylation sites (tertiary alicyclic amines) is 1. The van der Waals surface area contributed by atoms with Gasteiger partial charge in [-0.25, -0.2) is 0 Å². The third-order valence-corrected chi connectivity index (χ3v) is 16.3. The maximum atomic E-state index is 15.0. The summed E-state index contributed by atoms with van der Waals surface area (Å²) in [4.78, 5) is 139. The van der Waals surface area contributed by atoms with Gasteiger partial charge in [-0.15, -0.1) is 0 Å². The van der Waals surface area contributed by atoms with Crippen molar-refractivity contribution in [2.24, 2.45) is 5.92 Å². The lowest BCUT2D eigenvalue weighted by atomic mass is 9.99. The van der Waals surface area contributed by atoms with Crippen molar-refractivity contribution in [3.8, 4) is 5.75 Å². The number of carbonyl (C=O) groups is 9. The van der Waals surface area contributed by atoms with E-state index in [0.29, 0.717) is 53.2 Å². The van der Waals surface area contributed by atoms with E-state index in [-0.39, 0.29) is 68.6 Å². The van der Waals surface area contributed by atoms with Crippen LogP contribution in [0.5, 0.6) is 5.75 Å². The molecule has 494 valence electrons. The Bertz CT molecular complexity index is 3470. The first-order chi connectivity index (χ1) is 44.7. The number of nitrogens with one attached hydrogen (secondary N) is 8.